The number of anilines is 1. The van der Waals surface area contributed by atoms with Crippen molar-refractivity contribution in [2.75, 3.05) is 31.1 Å². The molecule has 0 atom stereocenters. The second-order valence-corrected chi connectivity index (χ2v) is 7.90. The van der Waals surface area contributed by atoms with Gasteiger partial charge in [0.05, 0.1) is 22.9 Å². The standard InChI is InChI=1S/C21H20ClN7O2/c1-26-12-16(10-24-26)15-8-17(20-18(22)11-25-29(20)13-15)14-2-3-19(23-9-14)27-4-6-28(7-5-27)21(30)31/h2-3,8-13H,4-7H2,1H3,(H,30,31). The van der Waals surface area contributed by atoms with Crippen LogP contribution in [0.2, 0.25) is 5.02 Å². The number of halogens is 1. The van der Waals surface area contributed by atoms with Gasteiger partial charge in [0.1, 0.15) is 5.82 Å². The first-order valence-electron chi connectivity index (χ1n) is 9.85. The molecule has 0 aromatic carbocycles. The molecule has 1 N–H and O–H groups in total. The lowest BCUT2D eigenvalue weighted by atomic mass is 10.0. The average molecular weight is 438 g/mol. The minimum absolute atomic E-state index is 0.470. The normalized spacial score (nSPS) is 14.4. The molecule has 1 fully saturated rings. The highest BCUT2D eigenvalue weighted by Gasteiger charge is 2.21. The van der Waals surface area contributed by atoms with Crippen LogP contribution >= 0.6 is 11.6 Å². The van der Waals surface area contributed by atoms with E-state index >= 15 is 0 Å². The van der Waals surface area contributed by atoms with Gasteiger partial charge in [-0.15, -0.1) is 0 Å². The Kier molecular flexibility index (Phi) is 4.74. The van der Waals surface area contributed by atoms with Crippen LogP contribution in [0.5, 0.6) is 0 Å². The zero-order chi connectivity index (χ0) is 21.5. The van der Waals surface area contributed by atoms with Crippen LogP contribution < -0.4 is 4.90 Å². The lowest BCUT2D eigenvalue weighted by molar-refractivity contribution is 0.142. The number of rotatable bonds is 3. The Hall–Kier alpha value is -3.59. The predicted molar refractivity (Wildman–Crippen MR) is 117 cm³/mol. The second-order valence-electron chi connectivity index (χ2n) is 7.49. The fourth-order valence-electron chi connectivity index (χ4n) is 3.89. The largest absolute Gasteiger partial charge is 0.465 e. The Morgan fingerprint density at radius 1 is 1.00 bits per heavy atom. The topological polar surface area (TPSA) is 91.8 Å². The first kappa shape index (κ1) is 19.4. The van der Waals surface area contributed by atoms with E-state index in [2.05, 4.69) is 26.1 Å². The Bertz CT molecular complexity index is 1260. The van der Waals surface area contributed by atoms with E-state index < -0.39 is 6.09 Å². The van der Waals surface area contributed by atoms with Gasteiger partial charge in [0, 0.05) is 74.1 Å². The van der Waals surface area contributed by atoms with E-state index in [1.807, 2.05) is 44.0 Å². The van der Waals surface area contributed by atoms with Crippen LogP contribution in [0.4, 0.5) is 10.6 Å². The Balaban J connectivity index is 1.49. The first-order chi connectivity index (χ1) is 15.0. The van der Waals surface area contributed by atoms with E-state index in [1.54, 1.807) is 15.4 Å². The number of carboxylic acid groups (broad SMARTS) is 1. The molecule has 0 saturated carbocycles. The quantitative estimate of drug-likeness (QED) is 0.529. The third-order valence-corrected chi connectivity index (χ3v) is 5.81. The molecule has 0 spiro atoms. The number of hydrogen-bond donors (Lipinski definition) is 1. The van der Waals surface area contributed by atoms with Crippen molar-refractivity contribution in [2.24, 2.45) is 7.05 Å². The monoisotopic (exact) mass is 437 g/mol. The minimum Gasteiger partial charge on any atom is -0.465 e. The van der Waals surface area contributed by atoms with Crippen LogP contribution in [-0.2, 0) is 7.05 Å². The van der Waals surface area contributed by atoms with Gasteiger partial charge in [-0.25, -0.2) is 14.3 Å². The molecule has 5 rings (SSSR count). The molecule has 0 unspecified atom stereocenters. The first-order valence-corrected chi connectivity index (χ1v) is 10.2. The van der Waals surface area contributed by atoms with Crippen LogP contribution in [-0.4, -0.2) is 66.7 Å². The lowest BCUT2D eigenvalue weighted by Gasteiger charge is -2.33. The van der Waals surface area contributed by atoms with Crippen LogP contribution in [0.25, 0.3) is 27.8 Å². The summed E-state index contributed by atoms with van der Waals surface area (Å²) in [5, 5.41) is 18.3. The minimum atomic E-state index is -0.877. The number of fused-ring (bicyclic) bond motifs is 1. The summed E-state index contributed by atoms with van der Waals surface area (Å²) in [5.74, 6) is 0.827. The van der Waals surface area contributed by atoms with Gasteiger partial charge < -0.3 is 14.9 Å². The highest BCUT2D eigenvalue weighted by Crippen LogP contribution is 2.34. The molecule has 1 aliphatic rings. The molecule has 4 aromatic rings. The Morgan fingerprint density at radius 3 is 2.45 bits per heavy atom. The summed E-state index contributed by atoms with van der Waals surface area (Å²) in [4.78, 5) is 19.3. The van der Waals surface area contributed by atoms with Crippen molar-refractivity contribution in [2.45, 2.75) is 0 Å². The highest BCUT2D eigenvalue weighted by atomic mass is 35.5. The zero-order valence-electron chi connectivity index (χ0n) is 16.8. The van der Waals surface area contributed by atoms with Crippen LogP contribution in [0.15, 0.2) is 49.2 Å². The van der Waals surface area contributed by atoms with Crippen LogP contribution in [0.1, 0.15) is 0 Å². The number of pyridine rings is 2. The smallest absolute Gasteiger partial charge is 0.407 e. The van der Waals surface area contributed by atoms with Gasteiger partial charge in [-0.3, -0.25) is 4.68 Å². The molecule has 31 heavy (non-hydrogen) atoms. The van der Waals surface area contributed by atoms with Gasteiger partial charge in [0.15, 0.2) is 0 Å². The maximum Gasteiger partial charge on any atom is 0.407 e. The van der Waals surface area contributed by atoms with Crippen LogP contribution in [0.3, 0.4) is 0 Å². The van der Waals surface area contributed by atoms with E-state index in [4.69, 9.17) is 16.7 Å². The van der Waals surface area contributed by atoms with Gasteiger partial charge in [-0.05, 0) is 18.2 Å². The summed E-state index contributed by atoms with van der Waals surface area (Å²) < 4.78 is 3.54. The molecule has 9 nitrogen and oxygen atoms in total. The SMILES string of the molecule is Cn1cc(-c2cc(-c3ccc(N4CCN(C(=O)O)CC4)nc3)c3c(Cl)cnn3c2)cn1. The number of aromatic nitrogens is 5. The molecule has 5 heterocycles. The lowest BCUT2D eigenvalue weighted by Crippen LogP contribution is -2.48. The maximum absolute atomic E-state index is 11.1. The molecule has 10 heteroatoms. The van der Waals surface area contributed by atoms with Crippen molar-refractivity contribution in [1.29, 1.82) is 0 Å². The molecule has 0 bridgehead atoms. The van der Waals surface area contributed by atoms with E-state index in [1.165, 1.54) is 4.90 Å². The number of piperazine rings is 1. The summed E-state index contributed by atoms with van der Waals surface area (Å²) in [6.07, 6.45) is 8.29. The number of aryl methyl sites for hydroxylation is 1. The van der Waals surface area contributed by atoms with Gasteiger partial charge in [-0.2, -0.15) is 10.2 Å². The zero-order valence-corrected chi connectivity index (χ0v) is 17.6. The summed E-state index contributed by atoms with van der Waals surface area (Å²) >= 11 is 6.44. The molecule has 1 saturated heterocycles. The molecule has 1 aliphatic heterocycles. The van der Waals surface area contributed by atoms with E-state index in [9.17, 15) is 4.79 Å². The molecule has 0 radical (unpaired) electrons. The van der Waals surface area contributed by atoms with E-state index in [0.29, 0.717) is 31.2 Å². The fraction of sp³-hybridized carbons (Fsp3) is 0.238. The van der Waals surface area contributed by atoms with Gasteiger partial charge in [-0.1, -0.05) is 11.6 Å². The van der Waals surface area contributed by atoms with E-state index in [0.717, 1.165) is 33.6 Å². The number of hydrogen-bond acceptors (Lipinski definition) is 5. The molecular formula is C21H20ClN7O2. The van der Waals surface area contributed by atoms with Crippen molar-refractivity contribution in [1.82, 2.24) is 29.3 Å². The number of amides is 1. The average Bonchev–Trinajstić information content (AvgIpc) is 3.39. The van der Waals surface area contributed by atoms with Crippen molar-refractivity contribution >= 4 is 29.0 Å². The molecule has 158 valence electrons. The molecule has 0 aliphatic carbocycles. The number of carbonyl (C=O) groups is 1. The third kappa shape index (κ3) is 3.57. The fourth-order valence-corrected chi connectivity index (χ4v) is 4.12. The van der Waals surface area contributed by atoms with Crippen molar-refractivity contribution in [3.8, 4) is 22.3 Å². The summed E-state index contributed by atoms with van der Waals surface area (Å²) in [6.45, 7) is 2.18. The van der Waals surface area contributed by atoms with Gasteiger partial charge in [0.2, 0.25) is 0 Å². The molecule has 1 amide bonds. The molecular weight excluding hydrogens is 418 g/mol. The number of nitrogens with zero attached hydrogens (tertiary/aromatic N) is 7. The van der Waals surface area contributed by atoms with E-state index in [-0.39, 0.29) is 0 Å². The third-order valence-electron chi connectivity index (χ3n) is 5.54. The second kappa shape index (κ2) is 7.59. The Morgan fingerprint density at radius 2 is 1.81 bits per heavy atom. The molecule has 4 aromatic heterocycles. The van der Waals surface area contributed by atoms with Crippen molar-refractivity contribution < 1.29 is 9.90 Å². The highest BCUT2D eigenvalue weighted by molar-refractivity contribution is 6.34. The van der Waals surface area contributed by atoms with Crippen molar-refractivity contribution in [3.63, 3.8) is 0 Å². The predicted octanol–water partition coefficient (Wildman–Crippen LogP) is 3.25. The summed E-state index contributed by atoms with van der Waals surface area (Å²) in [7, 11) is 1.88. The maximum atomic E-state index is 11.1. The van der Waals surface area contributed by atoms with Gasteiger partial charge in [0.25, 0.3) is 0 Å². The summed E-state index contributed by atoms with van der Waals surface area (Å²) in [5.41, 5.74) is 4.63. The summed E-state index contributed by atoms with van der Waals surface area (Å²) in [6, 6.07) is 6.04. The van der Waals surface area contributed by atoms with Crippen LogP contribution in [0, 0.1) is 0 Å². The van der Waals surface area contributed by atoms with Crippen molar-refractivity contribution in [3.05, 3.63) is 54.2 Å². The Labute approximate surface area is 183 Å². The van der Waals surface area contributed by atoms with Gasteiger partial charge >= 0.3 is 6.09 Å².